The summed E-state index contributed by atoms with van der Waals surface area (Å²) in [6, 6.07) is 1.87. The van der Waals surface area contributed by atoms with Crippen molar-refractivity contribution in [1.82, 2.24) is 9.78 Å². The highest BCUT2D eigenvalue weighted by Crippen LogP contribution is 2.39. The van der Waals surface area contributed by atoms with E-state index in [9.17, 15) is 0 Å². The molecule has 0 saturated heterocycles. The van der Waals surface area contributed by atoms with Gasteiger partial charge < -0.3 is 10.5 Å². The van der Waals surface area contributed by atoms with Gasteiger partial charge in [0.25, 0.3) is 0 Å². The third kappa shape index (κ3) is 1.99. The molecule has 0 aliphatic heterocycles. The molecule has 16 heavy (non-hydrogen) atoms. The molecular weight excluding hydrogens is 202 g/mol. The monoisotopic (exact) mass is 223 g/mol. The second-order valence-electron chi connectivity index (χ2n) is 4.72. The molecule has 1 saturated carbocycles. The van der Waals surface area contributed by atoms with Gasteiger partial charge in [-0.2, -0.15) is 5.10 Å². The van der Waals surface area contributed by atoms with Crippen LogP contribution >= 0.6 is 0 Å². The van der Waals surface area contributed by atoms with Gasteiger partial charge in [0, 0.05) is 20.4 Å². The molecule has 4 heteroatoms. The predicted octanol–water partition coefficient (Wildman–Crippen LogP) is 1.77. The third-order valence-corrected chi connectivity index (χ3v) is 3.73. The molecule has 1 atom stereocenters. The lowest BCUT2D eigenvalue weighted by Crippen LogP contribution is -2.44. The average molecular weight is 223 g/mol. The van der Waals surface area contributed by atoms with Gasteiger partial charge in [-0.3, -0.25) is 4.68 Å². The minimum Gasteiger partial charge on any atom is -0.376 e. The summed E-state index contributed by atoms with van der Waals surface area (Å²) in [4.78, 5) is 0. The summed E-state index contributed by atoms with van der Waals surface area (Å²) in [5.41, 5.74) is 7.06. The van der Waals surface area contributed by atoms with Gasteiger partial charge in [0.05, 0.1) is 17.3 Å². The SMILES string of the molecule is COC1(C(N)c2ccn(C)n2)CCCCC1. The highest BCUT2D eigenvalue weighted by atomic mass is 16.5. The summed E-state index contributed by atoms with van der Waals surface area (Å²) < 4.78 is 7.52. The van der Waals surface area contributed by atoms with Gasteiger partial charge in [0.1, 0.15) is 0 Å². The van der Waals surface area contributed by atoms with Crippen LogP contribution in [0.4, 0.5) is 0 Å². The van der Waals surface area contributed by atoms with Gasteiger partial charge in [-0.05, 0) is 18.9 Å². The highest BCUT2D eigenvalue weighted by Gasteiger charge is 2.39. The molecule has 1 aromatic heterocycles. The molecule has 0 aromatic carbocycles. The summed E-state index contributed by atoms with van der Waals surface area (Å²) in [5, 5.41) is 4.39. The zero-order valence-electron chi connectivity index (χ0n) is 10.1. The van der Waals surface area contributed by atoms with E-state index in [0.717, 1.165) is 18.5 Å². The Morgan fingerprint density at radius 1 is 1.44 bits per heavy atom. The van der Waals surface area contributed by atoms with E-state index in [4.69, 9.17) is 10.5 Å². The van der Waals surface area contributed by atoms with E-state index in [1.165, 1.54) is 19.3 Å². The Labute approximate surface area is 96.8 Å². The third-order valence-electron chi connectivity index (χ3n) is 3.73. The summed E-state index contributed by atoms with van der Waals surface area (Å²) >= 11 is 0. The van der Waals surface area contributed by atoms with Crippen LogP contribution in [0.3, 0.4) is 0 Å². The van der Waals surface area contributed by atoms with Gasteiger partial charge >= 0.3 is 0 Å². The fourth-order valence-corrected chi connectivity index (χ4v) is 2.66. The van der Waals surface area contributed by atoms with Crippen molar-refractivity contribution in [1.29, 1.82) is 0 Å². The Morgan fingerprint density at radius 3 is 2.62 bits per heavy atom. The molecule has 1 aliphatic rings. The van der Waals surface area contributed by atoms with Crippen molar-refractivity contribution in [3.05, 3.63) is 18.0 Å². The average Bonchev–Trinajstić information content (AvgIpc) is 2.76. The van der Waals surface area contributed by atoms with Crippen molar-refractivity contribution in [2.24, 2.45) is 12.8 Å². The maximum absolute atomic E-state index is 6.33. The van der Waals surface area contributed by atoms with Gasteiger partial charge in [0.2, 0.25) is 0 Å². The van der Waals surface area contributed by atoms with Crippen LogP contribution in [0.25, 0.3) is 0 Å². The molecule has 4 nitrogen and oxygen atoms in total. The first-order valence-electron chi connectivity index (χ1n) is 5.98. The Morgan fingerprint density at radius 2 is 2.12 bits per heavy atom. The van der Waals surface area contributed by atoms with Gasteiger partial charge in [-0.15, -0.1) is 0 Å². The normalized spacial score (nSPS) is 21.9. The Balaban J connectivity index is 2.20. The first-order valence-corrected chi connectivity index (χ1v) is 5.98. The molecule has 0 amide bonds. The van der Waals surface area contributed by atoms with Crippen LogP contribution in [0.15, 0.2) is 12.3 Å². The van der Waals surface area contributed by atoms with E-state index in [0.29, 0.717) is 0 Å². The van der Waals surface area contributed by atoms with Crippen molar-refractivity contribution >= 4 is 0 Å². The summed E-state index contributed by atoms with van der Waals surface area (Å²) in [6.07, 6.45) is 7.71. The molecule has 1 aromatic rings. The predicted molar refractivity (Wildman–Crippen MR) is 63.0 cm³/mol. The second kappa shape index (κ2) is 4.55. The second-order valence-corrected chi connectivity index (χ2v) is 4.72. The van der Waals surface area contributed by atoms with Crippen molar-refractivity contribution < 1.29 is 4.74 Å². The maximum atomic E-state index is 6.33. The molecule has 0 bridgehead atoms. The van der Waals surface area contributed by atoms with Gasteiger partial charge in [0.15, 0.2) is 0 Å². The fourth-order valence-electron chi connectivity index (χ4n) is 2.66. The van der Waals surface area contributed by atoms with Crippen LogP contribution in [0.1, 0.15) is 43.8 Å². The number of hydrogen-bond donors (Lipinski definition) is 1. The maximum Gasteiger partial charge on any atom is 0.0886 e. The van der Waals surface area contributed by atoms with Gasteiger partial charge in [-0.25, -0.2) is 0 Å². The lowest BCUT2D eigenvalue weighted by atomic mass is 9.78. The summed E-state index contributed by atoms with van der Waals surface area (Å²) in [7, 11) is 3.69. The van der Waals surface area contributed by atoms with Gasteiger partial charge in [-0.1, -0.05) is 19.3 Å². The number of methoxy groups -OCH3 is 1. The number of aryl methyl sites for hydroxylation is 1. The first-order chi connectivity index (χ1) is 7.68. The molecule has 1 heterocycles. The molecule has 0 radical (unpaired) electrons. The Bertz CT molecular complexity index is 342. The largest absolute Gasteiger partial charge is 0.376 e. The number of hydrogen-bond acceptors (Lipinski definition) is 3. The molecule has 2 N–H and O–H groups in total. The number of nitrogens with two attached hydrogens (primary N) is 1. The van der Waals surface area contributed by atoms with E-state index in [1.54, 1.807) is 11.8 Å². The molecule has 1 fully saturated rings. The molecule has 1 aliphatic carbocycles. The molecule has 90 valence electrons. The van der Waals surface area contributed by atoms with Crippen LogP contribution in [0, 0.1) is 0 Å². The van der Waals surface area contributed by atoms with E-state index in [2.05, 4.69) is 5.10 Å². The first kappa shape index (κ1) is 11.6. The lowest BCUT2D eigenvalue weighted by Gasteiger charge is -2.40. The topological polar surface area (TPSA) is 53.1 Å². The quantitative estimate of drug-likeness (QED) is 0.849. The van der Waals surface area contributed by atoms with Crippen LogP contribution in [-0.4, -0.2) is 22.5 Å². The molecular formula is C12H21N3O. The Kier molecular flexibility index (Phi) is 3.30. The van der Waals surface area contributed by atoms with Crippen molar-refractivity contribution in [3.8, 4) is 0 Å². The fraction of sp³-hybridized carbons (Fsp3) is 0.750. The molecule has 1 unspecified atom stereocenters. The van der Waals surface area contributed by atoms with E-state index >= 15 is 0 Å². The van der Waals surface area contributed by atoms with E-state index in [1.807, 2.05) is 19.3 Å². The minimum absolute atomic E-state index is 0.112. The van der Waals surface area contributed by atoms with Crippen molar-refractivity contribution in [3.63, 3.8) is 0 Å². The van der Waals surface area contributed by atoms with E-state index < -0.39 is 0 Å². The summed E-state index contributed by atoms with van der Waals surface area (Å²) in [5.74, 6) is 0. The van der Waals surface area contributed by atoms with Crippen LogP contribution in [0.5, 0.6) is 0 Å². The van der Waals surface area contributed by atoms with Crippen molar-refractivity contribution in [2.75, 3.05) is 7.11 Å². The number of rotatable bonds is 3. The zero-order chi connectivity index (χ0) is 11.6. The zero-order valence-corrected chi connectivity index (χ0v) is 10.1. The molecule has 2 rings (SSSR count). The van der Waals surface area contributed by atoms with Crippen molar-refractivity contribution in [2.45, 2.75) is 43.7 Å². The van der Waals surface area contributed by atoms with Crippen LogP contribution in [0.2, 0.25) is 0 Å². The van der Waals surface area contributed by atoms with E-state index in [-0.39, 0.29) is 11.6 Å². The minimum atomic E-state index is -0.202. The highest BCUT2D eigenvalue weighted by molar-refractivity contribution is 5.12. The number of ether oxygens (including phenoxy) is 1. The standard InChI is InChI=1S/C12H21N3O/c1-15-9-6-10(14-15)11(13)12(16-2)7-4-3-5-8-12/h6,9,11H,3-5,7-8,13H2,1-2H3. The Hall–Kier alpha value is -0.870. The lowest BCUT2D eigenvalue weighted by molar-refractivity contribution is -0.0605. The smallest absolute Gasteiger partial charge is 0.0886 e. The summed E-state index contributed by atoms with van der Waals surface area (Å²) in [6.45, 7) is 0. The number of aromatic nitrogens is 2. The van der Waals surface area contributed by atoms with Crippen LogP contribution < -0.4 is 5.73 Å². The number of nitrogens with zero attached hydrogens (tertiary/aromatic N) is 2. The molecule has 0 spiro atoms. The van der Waals surface area contributed by atoms with Crippen LogP contribution in [-0.2, 0) is 11.8 Å².